The molecule has 2 heterocycles. The first-order chi connectivity index (χ1) is 15.7. The number of hydrogen-bond acceptors (Lipinski definition) is 5. The van der Waals surface area contributed by atoms with Crippen LogP contribution >= 0.6 is 11.3 Å². The van der Waals surface area contributed by atoms with Gasteiger partial charge in [0, 0.05) is 37.2 Å². The number of carbonyl (C=O) groups is 1. The van der Waals surface area contributed by atoms with E-state index in [0.29, 0.717) is 15.6 Å². The van der Waals surface area contributed by atoms with E-state index in [1.807, 2.05) is 30.3 Å². The summed E-state index contributed by atoms with van der Waals surface area (Å²) in [6.07, 6.45) is -3.94. The maximum Gasteiger partial charge on any atom is 0.416 e. The van der Waals surface area contributed by atoms with Crippen molar-refractivity contribution in [2.75, 3.05) is 18.4 Å². The summed E-state index contributed by atoms with van der Waals surface area (Å²) in [5.74, 6) is 0. The maximum absolute atomic E-state index is 12.7. The number of alkyl halides is 3. The number of aromatic nitrogens is 1. The number of benzene rings is 2. The molecule has 6 nitrogen and oxygen atoms in total. The van der Waals surface area contributed by atoms with E-state index in [2.05, 4.69) is 10.3 Å². The first-order valence-corrected chi connectivity index (χ1v) is 11.1. The maximum atomic E-state index is 12.7. The number of likely N-dealkylation sites (tertiary alicyclic amines) is 1. The summed E-state index contributed by atoms with van der Waals surface area (Å²) in [6.45, 7) is 0.301. The van der Waals surface area contributed by atoms with Crippen molar-refractivity contribution in [2.24, 2.45) is 0 Å². The number of aliphatic hydroxyl groups excluding tert-OH is 1. The molecule has 3 N–H and O–H groups in total. The summed E-state index contributed by atoms with van der Waals surface area (Å²) >= 11 is 1.25. The third-order valence-electron chi connectivity index (χ3n) is 5.63. The third kappa shape index (κ3) is 5.02. The third-order valence-corrected chi connectivity index (χ3v) is 6.86. The van der Waals surface area contributed by atoms with E-state index in [-0.39, 0.29) is 38.2 Å². The molecule has 2 aromatic carbocycles. The molecule has 3 aromatic rings. The molecule has 174 valence electrons. The molecule has 0 unspecified atom stereocenters. The van der Waals surface area contributed by atoms with Crippen LogP contribution in [0.1, 0.15) is 28.3 Å². The molecule has 10 heteroatoms. The summed E-state index contributed by atoms with van der Waals surface area (Å²) in [6, 6.07) is 13.2. The first kappa shape index (κ1) is 23.2. The molecule has 0 spiro atoms. The van der Waals surface area contributed by atoms with Crippen molar-refractivity contribution in [2.45, 2.75) is 31.2 Å². The van der Waals surface area contributed by atoms with E-state index in [1.165, 1.54) is 28.4 Å². The van der Waals surface area contributed by atoms with Gasteiger partial charge in [0.05, 0.1) is 22.7 Å². The summed E-state index contributed by atoms with van der Waals surface area (Å²) in [7, 11) is 0. The molecule has 0 aliphatic carbocycles. The van der Waals surface area contributed by atoms with Gasteiger partial charge in [-0.1, -0.05) is 30.3 Å². The molecule has 1 aliphatic rings. The molecule has 0 radical (unpaired) electrons. The molecule has 1 aromatic heterocycles. The molecule has 0 bridgehead atoms. The normalized spacial score (nSPS) is 16.0. The Morgan fingerprint density at radius 1 is 1.09 bits per heavy atom. The highest BCUT2D eigenvalue weighted by molar-refractivity contribution is 7.12. The van der Waals surface area contributed by atoms with Crippen LogP contribution in [0.3, 0.4) is 0 Å². The van der Waals surface area contributed by atoms with Crippen LogP contribution in [0.15, 0.2) is 54.6 Å². The van der Waals surface area contributed by atoms with E-state index >= 15 is 0 Å². The van der Waals surface area contributed by atoms with Gasteiger partial charge in [0.1, 0.15) is 10.6 Å². The highest BCUT2D eigenvalue weighted by Gasteiger charge is 2.39. The largest absolute Gasteiger partial charge is 0.416 e. The van der Waals surface area contributed by atoms with Gasteiger partial charge in [0.2, 0.25) is 0 Å². The van der Waals surface area contributed by atoms with Gasteiger partial charge < -0.3 is 20.4 Å². The quantitative estimate of drug-likeness (QED) is 0.502. The molecule has 0 saturated carbocycles. The minimum atomic E-state index is -4.44. The molecule has 33 heavy (non-hydrogen) atoms. The van der Waals surface area contributed by atoms with Crippen LogP contribution in [0.5, 0.6) is 0 Å². The lowest BCUT2D eigenvalue weighted by Gasteiger charge is -2.36. The number of nitrogens with one attached hydrogen (secondary N) is 1. The number of urea groups is 1. The fraction of sp³-hybridized carbons (Fsp3) is 0.304. The zero-order chi connectivity index (χ0) is 23.6. The number of aliphatic hydroxyl groups is 2. The van der Waals surface area contributed by atoms with Crippen molar-refractivity contribution in [3.8, 4) is 11.3 Å². The topological polar surface area (TPSA) is 85.7 Å². The average Bonchev–Trinajstić information content (AvgIpc) is 3.25. The molecule has 0 atom stereocenters. The lowest BCUT2D eigenvalue weighted by molar-refractivity contribution is -0.137. The number of thiazole rings is 1. The first-order valence-electron chi connectivity index (χ1n) is 10.3. The molecule has 4 rings (SSSR count). The second-order valence-corrected chi connectivity index (χ2v) is 8.92. The SMILES string of the molecule is O=C(Nc1ccc(C(F)(F)F)cc1)N1CCC(O)(c2nc(-c3ccccc3)c(CO)s2)CC1. The highest BCUT2D eigenvalue weighted by atomic mass is 32.1. The molecular weight excluding hydrogens is 455 g/mol. The van der Waals surface area contributed by atoms with Gasteiger partial charge in [0.15, 0.2) is 0 Å². The molecule has 1 fully saturated rings. The van der Waals surface area contributed by atoms with E-state index in [1.54, 1.807) is 0 Å². The van der Waals surface area contributed by atoms with Gasteiger partial charge in [-0.3, -0.25) is 0 Å². The fourth-order valence-corrected chi connectivity index (χ4v) is 4.81. The van der Waals surface area contributed by atoms with Gasteiger partial charge in [-0.05, 0) is 24.3 Å². The van der Waals surface area contributed by atoms with Gasteiger partial charge in [-0.15, -0.1) is 11.3 Å². The standard InChI is InChI=1S/C23H22F3N3O3S/c24-23(25,26)16-6-8-17(9-7-16)27-21(31)29-12-10-22(32,11-13-29)20-28-19(18(14-30)33-20)15-4-2-1-3-5-15/h1-9,30,32H,10-14H2,(H,27,31). The Bertz CT molecular complexity index is 1110. The van der Waals surface area contributed by atoms with Crippen LogP contribution in [-0.4, -0.2) is 39.2 Å². The molecule has 1 aliphatic heterocycles. The van der Waals surface area contributed by atoms with Crippen LogP contribution in [0.4, 0.5) is 23.7 Å². The molecular formula is C23H22F3N3O3S. The van der Waals surface area contributed by atoms with Gasteiger partial charge in [-0.2, -0.15) is 13.2 Å². The number of halogens is 3. The summed E-state index contributed by atoms with van der Waals surface area (Å²) in [5, 5.41) is 24.1. The Morgan fingerprint density at radius 3 is 2.30 bits per heavy atom. The second-order valence-electron chi connectivity index (χ2n) is 7.84. The number of anilines is 1. The van der Waals surface area contributed by atoms with Crippen LogP contribution in [0, 0.1) is 0 Å². The fourth-order valence-electron chi connectivity index (χ4n) is 3.72. The predicted octanol–water partition coefficient (Wildman–Crippen LogP) is 4.84. The van der Waals surface area contributed by atoms with Crippen molar-refractivity contribution in [1.82, 2.24) is 9.88 Å². The van der Waals surface area contributed by atoms with Gasteiger partial charge >= 0.3 is 12.2 Å². The Labute approximate surface area is 192 Å². The van der Waals surface area contributed by atoms with Crippen molar-refractivity contribution in [1.29, 1.82) is 0 Å². The predicted molar refractivity (Wildman–Crippen MR) is 119 cm³/mol. The number of rotatable bonds is 4. The summed E-state index contributed by atoms with van der Waals surface area (Å²) < 4.78 is 38.1. The van der Waals surface area contributed by atoms with E-state index in [4.69, 9.17) is 0 Å². The van der Waals surface area contributed by atoms with E-state index in [9.17, 15) is 28.2 Å². The number of nitrogens with zero attached hydrogens (tertiary/aromatic N) is 2. The van der Waals surface area contributed by atoms with E-state index < -0.39 is 23.4 Å². The summed E-state index contributed by atoms with van der Waals surface area (Å²) in [5.41, 5.74) is -0.278. The van der Waals surface area contributed by atoms with Crippen LogP contribution in [0.25, 0.3) is 11.3 Å². The second kappa shape index (κ2) is 9.12. The van der Waals surface area contributed by atoms with Crippen molar-refractivity contribution >= 4 is 23.1 Å². The van der Waals surface area contributed by atoms with E-state index in [0.717, 1.165) is 17.7 Å². The van der Waals surface area contributed by atoms with Gasteiger partial charge in [-0.25, -0.2) is 9.78 Å². The minimum absolute atomic E-state index is 0.195. The Hall–Kier alpha value is -2.95. The van der Waals surface area contributed by atoms with Crippen LogP contribution < -0.4 is 5.32 Å². The zero-order valence-electron chi connectivity index (χ0n) is 17.5. The molecule has 1 saturated heterocycles. The van der Waals surface area contributed by atoms with Crippen molar-refractivity contribution in [3.63, 3.8) is 0 Å². The number of carbonyl (C=O) groups excluding carboxylic acids is 1. The Kier molecular flexibility index (Phi) is 6.42. The van der Waals surface area contributed by atoms with Crippen molar-refractivity contribution in [3.05, 3.63) is 70.0 Å². The summed E-state index contributed by atoms with van der Waals surface area (Å²) in [4.78, 5) is 19.3. The number of amides is 2. The number of hydrogen-bond donors (Lipinski definition) is 3. The lowest BCUT2D eigenvalue weighted by atomic mass is 9.92. The minimum Gasteiger partial charge on any atom is -0.391 e. The van der Waals surface area contributed by atoms with Gasteiger partial charge in [0.25, 0.3) is 0 Å². The lowest BCUT2D eigenvalue weighted by Crippen LogP contribution is -2.46. The van der Waals surface area contributed by atoms with Crippen LogP contribution in [0.2, 0.25) is 0 Å². The Morgan fingerprint density at radius 2 is 1.73 bits per heavy atom. The van der Waals surface area contributed by atoms with Crippen LogP contribution in [-0.2, 0) is 18.4 Å². The zero-order valence-corrected chi connectivity index (χ0v) is 18.3. The smallest absolute Gasteiger partial charge is 0.391 e. The number of piperidine rings is 1. The molecule has 2 amide bonds. The Balaban J connectivity index is 1.42. The van der Waals surface area contributed by atoms with Crippen molar-refractivity contribution < 1.29 is 28.2 Å². The monoisotopic (exact) mass is 477 g/mol. The highest BCUT2D eigenvalue weighted by Crippen LogP contribution is 2.39. The average molecular weight is 478 g/mol.